The van der Waals surface area contributed by atoms with Crippen LogP contribution in [0.25, 0.3) is 0 Å². The van der Waals surface area contributed by atoms with Gasteiger partial charge in [0.1, 0.15) is 0 Å². The summed E-state index contributed by atoms with van der Waals surface area (Å²) in [7, 11) is 0. The van der Waals surface area contributed by atoms with Crippen LogP contribution in [0.3, 0.4) is 0 Å². The molecule has 0 heterocycles. The molecule has 1 aromatic carbocycles. The van der Waals surface area contributed by atoms with Gasteiger partial charge in [-0.05, 0) is 40.7 Å². The lowest BCUT2D eigenvalue weighted by Gasteiger charge is -2.23. The average molecular weight is 294 g/mol. The van der Waals surface area contributed by atoms with Gasteiger partial charge in [-0.3, -0.25) is 4.79 Å². The first kappa shape index (κ1) is 17.3. The van der Waals surface area contributed by atoms with Gasteiger partial charge in [-0.15, -0.1) is 0 Å². The molecule has 21 heavy (non-hydrogen) atoms. The lowest BCUT2D eigenvalue weighted by molar-refractivity contribution is -0.124. The minimum atomic E-state index is -0.708. The highest BCUT2D eigenvalue weighted by Gasteiger charge is 2.18. The van der Waals surface area contributed by atoms with Crippen molar-refractivity contribution in [2.75, 3.05) is 6.61 Å². The number of primary amides is 1. The van der Waals surface area contributed by atoms with E-state index in [1.165, 1.54) is 0 Å². The van der Waals surface area contributed by atoms with Gasteiger partial charge in [0.15, 0.2) is 17.6 Å². The zero-order chi connectivity index (χ0) is 16.0. The van der Waals surface area contributed by atoms with Gasteiger partial charge in [-0.25, -0.2) is 0 Å². The van der Waals surface area contributed by atoms with Crippen LogP contribution < -0.4 is 20.5 Å². The van der Waals surface area contributed by atoms with Gasteiger partial charge in [-0.2, -0.15) is 0 Å². The second-order valence-corrected chi connectivity index (χ2v) is 5.94. The summed E-state index contributed by atoms with van der Waals surface area (Å²) in [6.45, 7) is 10.9. The van der Waals surface area contributed by atoms with Crippen molar-refractivity contribution in [3.8, 4) is 11.5 Å². The van der Waals surface area contributed by atoms with Crippen LogP contribution in [0.15, 0.2) is 18.2 Å². The smallest absolute Gasteiger partial charge is 0.258 e. The minimum Gasteiger partial charge on any atom is -0.490 e. The maximum atomic E-state index is 11.2. The number of nitrogens with one attached hydrogen (secondary N) is 1. The number of hydrogen-bond acceptors (Lipinski definition) is 4. The Labute approximate surface area is 126 Å². The van der Waals surface area contributed by atoms with E-state index < -0.39 is 12.0 Å². The Morgan fingerprint density at radius 2 is 2.05 bits per heavy atom. The third-order valence-corrected chi connectivity index (χ3v) is 2.86. The molecule has 0 radical (unpaired) electrons. The van der Waals surface area contributed by atoms with Gasteiger partial charge >= 0.3 is 0 Å². The first-order chi connectivity index (χ1) is 9.74. The molecule has 5 heteroatoms. The third kappa shape index (κ3) is 5.63. The number of nitrogens with two attached hydrogens (primary N) is 1. The van der Waals surface area contributed by atoms with Crippen molar-refractivity contribution < 1.29 is 14.3 Å². The van der Waals surface area contributed by atoms with Crippen molar-refractivity contribution in [3.63, 3.8) is 0 Å². The summed E-state index contributed by atoms with van der Waals surface area (Å²) in [5, 5.41) is 3.40. The van der Waals surface area contributed by atoms with Crippen LogP contribution in [-0.2, 0) is 11.3 Å². The Morgan fingerprint density at radius 1 is 1.38 bits per heavy atom. The Kier molecular flexibility index (Phi) is 6.03. The Balaban J connectivity index is 3.04. The Morgan fingerprint density at radius 3 is 2.57 bits per heavy atom. The van der Waals surface area contributed by atoms with Crippen LogP contribution in [0.5, 0.6) is 11.5 Å². The van der Waals surface area contributed by atoms with E-state index in [-0.39, 0.29) is 5.54 Å². The SMILES string of the molecule is CCOc1cccc(CNC(C)(C)C)c1OC(C)C(N)=O. The van der Waals surface area contributed by atoms with Crippen LogP contribution in [0.2, 0.25) is 0 Å². The number of ether oxygens (including phenoxy) is 2. The molecule has 3 N–H and O–H groups in total. The lowest BCUT2D eigenvalue weighted by Crippen LogP contribution is -2.35. The molecule has 0 aliphatic carbocycles. The Hall–Kier alpha value is -1.75. The summed E-state index contributed by atoms with van der Waals surface area (Å²) >= 11 is 0. The summed E-state index contributed by atoms with van der Waals surface area (Å²) in [4.78, 5) is 11.2. The zero-order valence-corrected chi connectivity index (χ0v) is 13.5. The number of benzene rings is 1. The molecule has 0 aliphatic heterocycles. The monoisotopic (exact) mass is 294 g/mol. The molecular formula is C16H26N2O3. The molecular weight excluding hydrogens is 268 g/mol. The third-order valence-electron chi connectivity index (χ3n) is 2.86. The number of carbonyl (C=O) groups is 1. The molecule has 0 spiro atoms. The highest BCUT2D eigenvalue weighted by atomic mass is 16.5. The molecule has 1 atom stereocenters. The average Bonchev–Trinajstić information content (AvgIpc) is 2.38. The van der Waals surface area contributed by atoms with Crippen LogP contribution in [-0.4, -0.2) is 24.2 Å². The summed E-state index contributed by atoms with van der Waals surface area (Å²) in [6.07, 6.45) is -0.708. The highest BCUT2D eigenvalue weighted by molar-refractivity contribution is 5.78. The van der Waals surface area contributed by atoms with Crippen molar-refractivity contribution in [1.82, 2.24) is 5.32 Å². The predicted molar refractivity (Wildman–Crippen MR) is 83.5 cm³/mol. The summed E-state index contributed by atoms with van der Waals surface area (Å²) < 4.78 is 11.3. The van der Waals surface area contributed by atoms with Crippen LogP contribution in [0.1, 0.15) is 40.2 Å². The second-order valence-electron chi connectivity index (χ2n) is 5.94. The normalized spacial score (nSPS) is 12.8. The molecule has 1 aromatic rings. The van der Waals surface area contributed by atoms with Crippen LogP contribution in [0.4, 0.5) is 0 Å². The maximum Gasteiger partial charge on any atom is 0.258 e. The van der Waals surface area contributed by atoms with E-state index in [4.69, 9.17) is 15.2 Å². The number of para-hydroxylation sites is 1. The standard InChI is InChI=1S/C16H26N2O3/c1-6-20-13-9-7-8-12(10-18-16(3,4)5)14(13)21-11(2)15(17)19/h7-9,11,18H,6,10H2,1-5H3,(H2,17,19). The van der Waals surface area contributed by atoms with E-state index in [0.29, 0.717) is 24.7 Å². The van der Waals surface area contributed by atoms with Crippen molar-refractivity contribution >= 4 is 5.91 Å². The van der Waals surface area contributed by atoms with Crippen LogP contribution >= 0.6 is 0 Å². The number of rotatable bonds is 7. The van der Waals surface area contributed by atoms with Gasteiger partial charge in [0.05, 0.1) is 6.61 Å². The predicted octanol–water partition coefficient (Wildman–Crippen LogP) is 2.23. The minimum absolute atomic E-state index is 0.0197. The van der Waals surface area contributed by atoms with E-state index >= 15 is 0 Å². The number of hydrogen-bond donors (Lipinski definition) is 2. The fourth-order valence-electron chi connectivity index (χ4n) is 1.70. The van der Waals surface area contributed by atoms with E-state index in [0.717, 1.165) is 5.56 Å². The number of carbonyl (C=O) groups excluding carboxylic acids is 1. The zero-order valence-electron chi connectivity index (χ0n) is 13.5. The molecule has 0 aromatic heterocycles. The van der Waals surface area contributed by atoms with E-state index in [9.17, 15) is 4.79 Å². The molecule has 0 saturated heterocycles. The largest absolute Gasteiger partial charge is 0.490 e. The van der Waals surface area contributed by atoms with Crippen molar-refractivity contribution in [1.29, 1.82) is 0 Å². The molecule has 1 rings (SSSR count). The summed E-state index contributed by atoms with van der Waals surface area (Å²) in [5.41, 5.74) is 6.20. The molecule has 0 saturated carbocycles. The van der Waals surface area contributed by atoms with Gasteiger partial charge in [-0.1, -0.05) is 12.1 Å². The van der Waals surface area contributed by atoms with Gasteiger partial charge in [0.25, 0.3) is 5.91 Å². The van der Waals surface area contributed by atoms with E-state index in [2.05, 4.69) is 26.1 Å². The topological polar surface area (TPSA) is 73.6 Å². The highest BCUT2D eigenvalue weighted by Crippen LogP contribution is 2.32. The van der Waals surface area contributed by atoms with E-state index in [1.807, 2.05) is 25.1 Å². The molecule has 0 bridgehead atoms. The number of amides is 1. The summed E-state index contributed by atoms with van der Waals surface area (Å²) in [6, 6.07) is 5.68. The Bertz CT molecular complexity index is 481. The summed E-state index contributed by atoms with van der Waals surface area (Å²) in [5.74, 6) is 0.692. The van der Waals surface area contributed by atoms with Gasteiger partial charge < -0.3 is 20.5 Å². The van der Waals surface area contributed by atoms with E-state index in [1.54, 1.807) is 6.92 Å². The molecule has 5 nitrogen and oxygen atoms in total. The fraction of sp³-hybridized carbons (Fsp3) is 0.562. The quantitative estimate of drug-likeness (QED) is 0.808. The van der Waals surface area contributed by atoms with Gasteiger partial charge in [0, 0.05) is 17.6 Å². The molecule has 0 aliphatic rings. The first-order valence-corrected chi connectivity index (χ1v) is 7.20. The van der Waals surface area contributed by atoms with Crippen molar-refractivity contribution in [2.24, 2.45) is 5.73 Å². The first-order valence-electron chi connectivity index (χ1n) is 7.20. The van der Waals surface area contributed by atoms with Crippen molar-refractivity contribution in [3.05, 3.63) is 23.8 Å². The van der Waals surface area contributed by atoms with Crippen molar-refractivity contribution in [2.45, 2.75) is 52.8 Å². The molecule has 1 unspecified atom stereocenters. The lowest BCUT2D eigenvalue weighted by atomic mass is 10.1. The fourth-order valence-corrected chi connectivity index (χ4v) is 1.70. The second kappa shape index (κ2) is 7.31. The molecule has 0 fully saturated rings. The molecule has 1 amide bonds. The van der Waals surface area contributed by atoms with Crippen LogP contribution in [0, 0.1) is 0 Å². The van der Waals surface area contributed by atoms with Gasteiger partial charge in [0.2, 0.25) is 0 Å². The maximum absolute atomic E-state index is 11.2. The molecule has 118 valence electrons.